The second-order valence-corrected chi connectivity index (χ2v) is 5.28. The number of imidazole rings is 1. The molecule has 21 heavy (non-hydrogen) atoms. The Bertz CT molecular complexity index is 577. The summed E-state index contributed by atoms with van der Waals surface area (Å²) in [5, 5.41) is 3.46. The molecule has 0 saturated heterocycles. The second-order valence-electron chi connectivity index (χ2n) is 5.28. The van der Waals surface area contributed by atoms with Crippen molar-refractivity contribution in [3.05, 3.63) is 41.7 Å². The monoisotopic (exact) mass is 288 g/mol. The maximum atomic E-state index is 5.23. The zero-order valence-corrected chi connectivity index (χ0v) is 13.3. The van der Waals surface area contributed by atoms with E-state index in [2.05, 4.69) is 27.0 Å². The molecule has 1 N–H and O–H groups in total. The molecule has 1 aromatic carbocycles. The van der Waals surface area contributed by atoms with Gasteiger partial charge >= 0.3 is 0 Å². The van der Waals surface area contributed by atoms with Crippen LogP contribution in [0.1, 0.15) is 11.3 Å². The maximum Gasteiger partial charge on any atom is 0.204 e. The molecule has 0 saturated carbocycles. The number of ether oxygens (including phenoxy) is 1. The van der Waals surface area contributed by atoms with Crippen LogP contribution in [-0.4, -0.2) is 37.3 Å². The summed E-state index contributed by atoms with van der Waals surface area (Å²) in [4.78, 5) is 6.42. The van der Waals surface area contributed by atoms with Crippen LogP contribution < -0.4 is 15.0 Å². The third kappa shape index (κ3) is 3.98. The summed E-state index contributed by atoms with van der Waals surface area (Å²) in [5.41, 5.74) is 2.46. The van der Waals surface area contributed by atoms with Gasteiger partial charge in [0.25, 0.3) is 0 Å². The van der Waals surface area contributed by atoms with Gasteiger partial charge in [0, 0.05) is 27.7 Å². The fraction of sp³-hybridized carbons (Fsp3) is 0.438. The number of nitrogens with one attached hydrogen (secondary N) is 1. The van der Waals surface area contributed by atoms with Gasteiger partial charge in [-0.05, 0) is 30.7 Å². The number of hydrogen-bond donors (Lipinski definition) is 1. The van der Waals surface area contributed by atoms with Crippen molar-refractivity contribution in [2.45, 2.75) is 13.0 Å². The third-order valence-corrected chi connectivity index (χ3v) is 3.49. The lowest BCUT2D eigenvalue weighted by atomic mass is 10.1. The standard InChI is InChI=1S/C16H24N4O/c1-19(2)16-18-12-14(20(16)3)11-17-9-8-13-6-5-7-15(10-13)21-4/h5-7,10,12,17H,8-9,11H2,1-4H3. The minimum Gasteiger partial charge on any atom is -0.497 e. The Hall–Kier alpha value is -2.01. The Labute approximate surface area is 126 Å². The molecule has 0 fully saturated rings. The Morgan fingerprint density at radius 3 is 2.81 bits per heavy atom. The van der Waals surface area contributed by atoms with E-state index in [-0.39, 0.29) is 0 Å². The molecule has 0 atom stereocenters. The van der Waals surface area contributed by atoms with Crippen molar-refractivity contribution in [2.24, 2.45) is 7.05 Å². The van der Waals surface area contributed by atoms with Crippen molar-refractivity contribution >= 4 is 5.95 Å². The van der Waals surface area contributed by atoms with E-state index in [1.807, 2.05) is 44.4 Å². The van der Waals surface area contributed by atoms with Crippen LogP contribution in [0.3, 0.4) is 0 Å². The van der Waals surface area contributed by atoms with E-state index in [9.17, 15) is 0 Å². The van der Waals surface area contributed by atoms with E-state index in [1.165, 1.54) is 11.3 Å². The van der Waals surface area contributed by atoms with Gasteiger partial charge in [0.05, 0.1) is 19.0 Å². The molecule has 0 bridgehead atoms. The van der Waals surface area contributed by atoms with Crippen LogP contribution in [0.15, 0.2) is 30.5 Å². The van der Waals surface area contributed by atoms with Crippen molar-refractivity contribution in [2.75, 3.05) is 32.6 Å². The van der Waals surface area contributed by atoms with Crippen LogP contribution in [-0.2, 0) is 20.0 Å². The summed E-state index contributed by atoms with van der Waals surface area (Å²) >= 11 is 0. The van der Waals surface area contributed by atoms with Crippen molar-refractivity contribution in [3.8, 4) is 5.75 Å². The molecular formula is C16H24N4O. The Morgan fingerprint density at radius 1 is 1.33 bits per heavy atom. The van der Waals surface area contributed by atoms with Gasteiger partial charge in [0.1, 0.15) is 5.75 Å². The molecule has 0 aliphatic carbocycles. The molecule has 0 aliphatic rings. The van der Waals surface area contributed by atoms with Crippen molar-refractivity contribution < 1.29 is 4.74 Å². The highest BCUT2D eigenvalue weighted by atomic mass is 16.5. The second kappa shape index (κ2) is 7.13. The SMILES string of the molecule is COc1cccc(CCNCc2cnc(N(C)C)n2C)c1. The molecule has 1 heterocycles. The third-order valence-electron chi connectivity index (χ3n) is 3.49. The lowest BCUT2D eigenvalue weighted by Crippen LogP contribution is -2.20. The molecule has 5 heteroatoms. The fourth-order valence-corrected chi connectivity index (χ4v) is 2.29. The Morgan fingerprint density at radius 2 is 2.14 bits per heavy atom. The number of nitrogens with zero attached hydrogens (tertiary/aromatic N) is 3. The molecule has 5 nitrogen and oxygen atoms in total. The van der Waals surface area contributed by atoms with Gasteiger partial charge < -0.3 is 19.5 Å². The van der Waals surface area contributed by atoms with E-state index < -0.39 is 0 Å². The molecule has 0 amide bonds. The zero-order valence-electron chi connectivity index (χ0n) is 13.3. The molecule has 2 aromatic rings. The highest BCUT2D eigenvalue weighted by Crippen LogP contribution is 2.13. The van der Waals surface area contributed by atoms with Gasteiger partial charge in [0.2, 0.25) is 5.95 Å². The first-order chi connectivity index (χ1) is 10.1. The van der Waals surface area contributed by atoms with Crippen LogP contribution in [0.25, 0.3) is 0 Å². The minimum absolute atomic E-state index is 0.821. The van der Waals surface area contributed by atoms with E-state index in [0.717, 1.165) is 31.2 Å². The Balaban J connectivity index is 1.82. The molecule has 2 rings (SSSR count). The average molecular weight is 288 g/mol. The normalized spacial score (nSPS) is 10.7. The van der Waals surface area contributed by atoms with E-state index in [1.54, 1.807) is 7.11 Å². The van der Waals surface area contributed by atoms with Crippen LogP contribution in [0.5, 0.6) is 5.75 Å². The number of aromatic nitrogens is 2. The van der Waals surface area contributed by atoms with E-state index in [4.69, 9.17) is 4.74 Å². The van der Waals surface area contributed by atoms with Gasteiger partial charge in [-0.2, -0.15) is 0 Å². The first-order valence-electron chi connectivity index (χ1n) is 7.13. The van der Waals surface area contributed by atoms with Crippen LogP contribution in [0, 0.1) is 0 Å². The average Bonchev–Trinajstić information content (AvgIpc) is 2.85. The molecule has 1 aromatic heterocycles. The maximum absolute atomic E-state index is 5.23. The minimum atomic E-state index is 0.821. The number of methoxy groups -OCH3 is 1. The van der Waals surface area contributed by atoms with Gasteiger partial charge in [-0.3, -0.25) is 0 Å². The topological polar surface area (TPSA) is 42.3 Å². The smallest absolute Gasteiger partial charge is 0.204 e. The Kier molecular flexibility index (Phi) is 5.22. The quantitative estimate of drug-likeness (QED) is 0.789. The predicted molar refractivity (Wildman–Crippen MR) is 85.9 cm³/mol. The predicted octanol–water partition coefficient (Wildman–Crippen LogP) is 1.83. The number of hydrogen-bond acceptors (Lipinski definition) is 4. The number of rotatable bonds is 7. The van der Waals surface area contributed by atoms with E-state index >= 15 is 0 Å². The first-order valence-corrected chi connectivity index (χ1v) is 7.13. The molecular weight excluding hydrogens is 264 g/mol. The van der Waals surface area contributed by atoms with Gasteiger partial charge in [-0.25, -0.2) is 4.98 Å². The highest BCUT2D eigenvalue weighted by molar-refractivity contribution is 5.31. The largest absolute Gasteiger partial charge is 0.497 e. The van der Waals surface area contributed by atoms with Crippen LogP contribution >= 0.6 is 0 Å². The highest BCUT2D eigenvalue weighted by Gasteiger charge is 2.07. The van der Waals surface area contributed by atoms with Crippen molar-refractivity contribution in [3.63, 3.8) is 0 Å². The summed E-state index contributed by atoms with van der Waals surface area (Å²) in [7, 11) is 7.74. The molecule has 0 radical (unpaired) electrons. The molecule has 0 spiro atoms. The van der Waals surface area contributed by atoms with Crippen molar-refractivity contribution in [1.29, 1.82) is 0 Å². The molecule has 0 aliphatic heterocycles. The lowest BCUT2D eigenvalue weighted by molar-refractivity contribution is 0.414. The fourth-order valence-electron chi connectivity index (χ4n) is 2.29. The van der Waals surface area contributed by atoms with E-state index in [0.29, 0.717) is 0 Å². The van der Waals surface area contributed by atoms with Crippen molar-refractivity contribution in [1.82, 2.24) is 14.9 Å². The lowest BCUT2D eigenvalue weighted by Gasteiger charge is -2.13. The van der Waals surface area contributed by atoms with Crippen LogP contribution in [0.4, 0.5) is 5.95 Å². The van der Waals surface area contributed by atoms with Gasteiger partial charge in [0.15, 0.2) is 0 Å². The number of benzene rings is 1. The zero-order chi connectivity index (χ0) is 15.2. The summed E-state index contributed by atoms with van der Waals surface area (Å²) in [5.74, 6) is 1.88. The van der Waals surface area contributed by atoms with Gasteiger partial charge in [-0.15, -0.1) is 0 Å². The number of anilines is 1. The van der Waals surface area contributed by atoms with Crippen LogP contribution in [0.2, 0.25) is 0 Å². The first kappa shape index (κ1) is 15.4. The van der Waals surface area contributed by atoms with Gasteiger partial charge in [-0.1, -0.05) is 12.1 Å². The summed E-state index contributed by atoms with van der Waals surface area (Å²) in [6, 6.07) is 8.20. The summed E-state index contributed by atoms with van der Waals surface area (Å²) < 4.78 is 7.34. The summed E-state index contributed by atoms with van der Waals surface area (Å²) in [6.07, 6.45) is 2.91. The molecule has 0 unspecified atom stereocenters. The summed E-state index contributed by atoms with van der Waals surface area (Å²) in [6.45, 7) is 1.75. The molecule has 114 valence electrons.